The summed E-state index contributed by atoms with van der Waals surface area (Å²) >= 11 is 0. The number of allylic oxidation sites excluding steroid dienone is 2. The van der Waals surface area contributed by atoms with Gasteiger partial charge in [-0.2, -0.15) is 0 Å². The van der Waals surface area contributed by atoms with Crippen LogP contribution in [0.5, 0.6) is 0 Å². The molecule has 0 aliphatic heterocycles. The summed E-state index contributed by atoms with van der Waals surface area (Å²) in [6, 6.07) is 6.16. The molecule has 0 heterocycles. The van der Waals surface area contributed by atoms with Gasteiger partial charge in [-0.05, 0) is 36.5 Å². The summed E-state index contributed by atoms with van der Waals surface area (Å²) in [5, 5.41) is 0. The lowest BCUT2D eigenvalue weighted by Gasteiger charge is -2.10. The molecule has 0 aromatic heterocycles. The lowest BCUT2D eigenvalue weighted by molar-refractivity contribution is 0.955. The lowest BCUT2D eigenvalue weighted by Crippen LogP contribution is -2.03. The van der Waals surface area contributed by atoms with Crippen molar-refractivity contribution in [3.63, 3.8) is 0 Å². The molecule has 78 valence electrons. The summed E-state index contributed by atoms with van der Waals surface area (Å²) in [5.74, 6) is 0. The number of unbranched alkanes of at least 4 members (excludes halogenated alkanes) is 1. The number of hydrogen-bond donors (Lipinski definition) is 0. The molecule has 0 saturated heterocycles. The minimum atomic E-state index is 0.849. The van der Waals surface area contributed by atoms with E-state index in [1.54, 1.807) is 0 Å². The van der Waals surface area contributed by atoms with Crippen molar-refractivity contribution in [2.75, 3.05) is 0 Å². The van der Waals surface area contributed by atoms with Gasteiger partial charge in [0.15, 0.2) is 0 Å². The maximum absolute atomic E-state index is 5.75. The molecule has 0 nitrogen and oxygen atoms in total. The fourth-order valence-corrected chi connectivity index (χ4v) is 1.81. The average Bonchev–Trinajstić information content (AvgIpc) is 2.21. The zero-order valence-electron chi connectivity index (χ0n) is 10.0. The molecular formula is C14H19B. The highest BCUT2D eigenvalue weighted by molar-refractivity contribution is 6.32. The Balaban J connectivity index is 3.02. The van der Waals surface area contributed by atoms with E-state index in [4.69, 9.17) is 7.85 Å². The van der Waals surface area contributed by atoms with E-state index in [9.17, 15) is 0 Å². The molecule has 0 atom stereocenters. The van der Waals surface area contributed by atoms with Crippen LogP contribution in [0, 0.1) is 6.92 Å². The molecule has 1 heteroatoms. The van der Waals surface area contributed by atoms with Crippen molar-refractivity contribution in [2.45, 2.75) is 40.0 Å². The molecule has 2 radical (unpaired) electrons. The van der Waals surface area contributed by atoms with Crippen LogP contribution in [0.3, 0.4) is 0 Å². The summed E-state index contributed by atoms with van der Waals surface area (Å²) in [6.45, 7) is 6.54. The van der Waals surface area contributed by atoms with E-state index < -0.39 is 0 Å². The molecule has 0 saturated carbocycles. The number of hydrogen-bond acceptors (Lipinski definition) is 0. The Labute approximate surface area is 94.8 Å². The zero-order valence-corrected chi connectivity index (χ0v) is 10.0. The fraction of sp³-hybridized carbons (Fsp3) is 0.429. The van der Waals surface area contributed by atoms with Crippen LogP contribution < -0.4 is 5.46 Å². The topological polar surface area (TPSA) is 0 Å². The molecule has 15 heavy (non-hydrogen) atoms. The standard InChI is InChI=1S/C14H19B/c1-4-6-7-12(5-2)14-9-8-13(15)10-11(14)3/h7-10H,4-6H2,1-3H3/b12-7+. The molecule has 1 rings (SSSR count). The van der Waals surface area contributed by atoms with Crippen molar-refractivity contribution in [1.29, 1.82) is 0 Å². The predicted octanol–water partition coefficient (Wildman–Crippen LogP) is 3.38. The Morgan fingerprint density at radius 1 is 1.33 bits per heavy atom. The van der Waals surface area contributed by atoms with Crippen LogP contribution in [0.15, 0.2) is 24.3 Å². The molecule has 0 fully saturated rings. The second-order valence-corrected chi connectivity index (χ2v) is 3.95. The summed E-state index contributed by atoms with van der Waals surface area (Å²) in [5.41, 5.74) is 4.91. The maximum atomic E-state index is 5.75. The van der Waals surface area contributed by atoms with Crippen LogP contribution in [-0.4, -0.2) is 7.85 Å². The summed E-state index contributed by atoms with van der Waals surface area (Å²) in [7, 11) is 5.75. The van der Waals surface area contributed by atoms with E-state index in [1.165, 1.54) is 23.1 Å². The third kappa shape index (κ3) is 3.26. The smallest absolute Gasteiger partial charge is 0.0964 e. The third-order valence-electron chi connectivity index (χ3n) is 2.66. The van der Waals surface area contributed by atoms with Crippen molar-refractivity contribution in [3.8, 4) is 0 Å². The fourth-order valence-electron chi connectivity index (χ4n) is 1.81. The minimum absolute atomic E-state index is 0.849. The van der Waals surface area contributed by atoms with Gasteiger partial charge in [0.05, 0.1) is 0 Å². The Morgan fingerprint density at radius 2 is 2.07 bits per heavy atom. The number of rotatable bonds is 4. The van der Waals surface area contributed by atoms with Crippen LogP contribution in [0.2, 0.25) is 0 Å². The van der Waals surface area contributed by atoms with E-state index in [1.807, 2.05) is 12.1 Å². The normalized spacial score (nSPS) is 11.8. The van der Waals surface area contributed by atoms with Crippen LogP contribution in [0.1, 0.15) is 44.2 Å². The highest BCUT2D eigenvalue weighted by Gasteiger charge is 2.02. The summed E-state index contributed by atoms with van der Waals surface area (Å²) in [6.07, 6.45) is 5.80. The van der Waals surface area contributed by atoms with Gasteiger partial charge in [-0.3, -0.25) is 0 Å². The van der Waals surface area contributed by atoms with Crippen LogP contribution in [0.25, 0.3) is 5.57 Å². The second kappa shape index (κ2) is 5.80. The quantitative estimate of drug-likeness (QED) is 0.650. The van der Waals surface area contributed by atoms with Crippen molar-refractivity contribution >= 4 is 18.9 Å². The molecule has 0 amide bonds. The van der Waals surface area contributed by atoms with Crippen molar-refractivity contribution < 1.29 is 0 Å². The van der Waals surface area contributed by atoms with E-state index >= 15 is 0 Å². The largest absolute Gasteiger partial charge is 0.113 e. The van der Waals surface area contributed by atoms with Gasteiger partial charge in [0.2, 0.25) is 0 Å². The van der Waals surface area contributed by atoms with Crippen LogP contribution in [-0.2, 0) is 0 Å². The third-order valence-corrected chi connectivity index (χ3v) is 2.66. The van der Waals surface area contributed by atoms with Crippen molar-refractivity contribution in [1.82, 2.24) is 0 Å². The molecule has 0 aliphatic carbocycles. The van der Waals surface area contributed by atoms with Gasteiger partial charge >= 0.3 is 0 Å². The van der Waals surface area contributed by atoms with E-state index in [-0.39, 0.29) is 0 Å². The molecule has 0 unspecified atom stereocenters. The molecule has 0 aliphatic rings. The van der Waals surface area contributed by atoms with Gasteiger partial charge in [0, 0.05) is 0 Å². The molecular weight excluding hydrogens is 179 g/mol. The second-order valence-electron chi connectivity index (χ2n) is 3.95. The Hall–Kier alpha value is -0.975. The van der Waals surface area contributed by atoms with Crippen molar-refractivity contribution in [3.05, 3.63) is 35.4 Å². The average molecular weight is 198 g/mol. The van der Waals surface area contributed by atoms with Gasteiger partial charge in [-0.25, -0.2) is 0 Å². The van der Waals surface area contributed by atoms with Gasteiger partial charge in [0.1, 0.15) is 7.85 Å². The van der Waals surface area contributed by atoms with Gasteiger partial charge in [-0.1, -0.05) is 50.0 Å². The maximum Gasteiger partial charge on any atom is 0.113 e. The molecule has 0 spiro atoms. The first-order chi connectivity index (χ1) is 7.19. The first-order valence-electron chi connectivity index (χ1n) is 5.74. The van der Waals surface area contributed by atoms with E-state index in [2.05, 4.69) is 32.9 Å². The minimum Gasteiger partial charge on any atom is -0.0964 e. The SMILES string of the molecule is [B]c1ccc(/C(=C/CCC)CC)c(C)c1. The number of aryl methyl sites for hydroxylation is 1. The molecule has 0 N–H and O–H groups in total. The first kappa shape index (κ1) is 12.1. The zero-order chi connectivity index (χ0) is 11.3. The lowest BCUT2D eigenvalue weighted by atomic mass is 9.89. The highest BCUT2D eigenvalue weighted by Crippen LogP contribution is 2.21. The summed E-state index contributed by atoms with van der Waals surface area (Å²) in [4.78, 5) is 0. The Kier molecular flexibility index (Phi) is 4.67. The van der Waals surface area contributed by atoms with Crippen molar-refractivity contribution in [2.24, 2.45) is 0 Å². The van der Waals surface area contributed by atoms with Gasteiger partial charge < -0.3 is 0 Å². The van der Waals surface area contributed by atoms with Crippen LogP contribution >= 0.6 is 0 Å². The van der Waals surface area contributed by atoms with E-state index in [0.717, 1.165) is 18.3 Å². The Morgan fingerprint density at radius 3 is 2.60 bits per heavy atom. The monoisotopic (exact) mass is 198 g/mol. The first-order valence-corrected chi connectivity index (χ1v) is 5.74. The number of benzene rings is 1. The molecule has 1 aromatic carbocycles. The molecule has 0 bridgehead atoms. The van der Waals surface area contributed by atoms with Gasteiger partial charge in [0.25, 0.3) is 0 Å². The highest BCUT2D eigenvalue weighted by atomic mass is 14.1. The van der Waals surface area contributed by atoms with E-state index in [0.29, 0.717) is 0 Å². The van der Waals surface area contributed by atoms with Gasteiger partial charge in [-0.15, -0.1) is 0 Å². The predicted molar refractivity (Wildman–Crippen MR) is 69.7 cm³/mol. The van der Waals surface area contributed by atoms with Crippen LogP contribution in [0.4, 0.5) is 0 Å². The summed E-state index contributed by atoms with van der Waals surface area (Å²) < 4.78 is 0. The Bertz CT molecular complexity index is 350. The molecule has 1 aromatic rings.